The molecule has 1 aromatic rings. The molecule has 1 N–H and O–H groups in total. The van der Waals surface area contributed by atoms with Crippen LogP contribution < -0.4 is 14.4 Å². The van der Waals surface area contributed by atoms with E-state index in [0.717, 1.165) is 0 Å². The molecular formula is C16H21NO6. The fourth-order valence-electron chi connectivity index (χ4n) is 2.41. The zero-order valence-corrected chi connectivity index (χ0v) is 13.7. The molecule has 0 atom stereocenters. The standard InChI is InChI=1S/C16H21NO6/c1-5-22-13(19)8-17-11-6-10(9-18)7-12(21-4)14(11)23-16(2,3)15(17)20/h6-7,18H,5,8-9H2,1-4H3. The van der Waals surface area contributed by atoms with E-state index < -0.39 is 11.6 Å². The Bertz CT molecular complexity index is 625. The highest BCUT2D eigenvalue weighted by atomic mass is 16.5. The van der Waals surface area contributed by atoms with E-state index in [2.05, 4.69) is 0 Å². The third kappa shape index (κ3) is 3.24. The number of anilines is 1. The Balaban J connectivity index is 2.54. The van der Waals surface area contributed by atoms with Crippen molar-refractivity contribution in [2.75, 3.05) is 25.2 Å². The molecule has 1 heterocycles. The number of amides is 1. The van der Waals surface area contributed by atoms with Crippen LogP contribution in [0.5, 0.6) is 11.5 Å². The van der Waals surface area contributed by atoms with Crippen molar-refractivity contribution in [2.24, 2.45) is 0 Å². The van der Waals surface area contributed by atoms with Gasteiger partial charge in [-0.15, -0.1) is 0 Å². The van der Waals surface area contributed by atoms with Crippen LogP contribution in [-0.4, -0.2) is 42.8 Å². The summed E-state index contributed by atoms with van der Waals surface area (Å²) in [5, 5.41) is 9.39. The topological polar surface area (TPSA) is 85.3 Å². The summed E-state index contributed by atoms with van der Waals surface area (Å²) >= 11 is 0. The van der Waals surface area contributed by atoms with Gasteiger partial charge in [0, 0.05) is 0 Å². The summed E-state index contributed by atoms with van der Waals surface area (Å²) in [6.07, 6.45) is 0. The first kappa shape index (κ1) is 17.1. The van der Waals surface area contributed by atoms with Crippen LogP contribution in [0.25, 0.3) is 0 Å². The molecular weight excluding hydrogens is 302 g/mol. The van der Waals surface area contributed by atoms with Crippen molar-refractivity contribution >= 4 is 17.6 Å². The molecule has 0 spiro atoms. The number of hydrogen-bond acceptors (Lipinski definition) is 6. The van der Waals surface area contributed by atoms with Gasteiger partial charge in [-0.3, -0.25) is 14.5 Å². The Hall–Kier alpha value is -2.28. The number of carbonyl (C=O) groups excluding carboxylic acids is 2. The van der Waals surface area contributed by atoms with Crippen LogP contribution in [0.1, 0.15) is 26.3 Å². The van der Waals surface area contributed by atoms with E-state index in [-0.39, 0.29) is 25.7 Å². The molecule has 0 fully saturated rings. The number of rotatable bonds is 5. The summed E-state index contributed by atoms with van der Waals surface area (Å²) in [4.78, 5) is 25.8. The van der Waals surface area contributed by atoms with Gasteiger partial charge in [-0.1, -0.05) is 0 Å². The predicted molar refractivity (Wildman–Crippen MR) is 82.6 cm³/mol. The first-order valence-electron chi connectivity index (χ1n) is 7.32. The summed E-state index contributed by atoms with van der Waals surface area (Å²) in [5.41, 5.74) is -0.218. The van der Waals surface area contributed by atoms with Crippen molar-refractivity contribution in [3.05, 3.63) is 17.7 Å². The number of nitrogens with zero attached hydrogens (tertiary/aromatic N) is 1. The molecule has 2 rings (SSSR count). The number of aliphatic hydroxyl groups is 1. The Morgan fingerprint density at radius 3 is 2.65 bits per heavy atom. The number of aliphatic hydroxyl groups excluding tert-OH is 1. The quantitative estimate of drug-likeness (QED) is 0.821. The molecule has 0 saturated heterocycles. The van der Waals surface area contributed by atoms with Gasteiger partial charge in [-0.25, -0.2) is 0 Å². The minimum Gasteiger partial charge on any atom is -0.493 e. The van der Waals surface area contributed by atoms with Crippen LogP contribution in [0.3, 0.4) is 0 Å². The number of hydrogen-bond donors (Lipinski definition) is 1. The predicted octanol–water partition coefficient (Wildman–Crippen LogP) is 1.25. The molecule has 0 bridgehead atoms. The molecule has 23 heavy (non-hydrogen) atoms. The Morgan fingerprint density at radius 2 is 2.09 bits per heavy atom. The van der Waals surface area contributed by atoms with Crippen molar-refractivity contribution in [3.8, 4) is 11.5 Å². The van der Waals surface area contributed by atoms with Crippen LogP contribution in [0.15, 0.2) is 12.1 Å². The van der Waals surface area contributed by atoms with E-state index in [0.29, 0.717) is 22.7 Å². The Labute approximate surface area is 134 Å². The molecule has 7 nitrogen and oxygen atoms in total. The smallest absolute Gasteiger partial charge is 0.326 e. The van der Waals surface area contributed by atoms with E-state index in [4.69, 9.17) is 14.2 Å². The van der Waals surface area contributed by atoms with Crippen LogP contribution in [0, 0.1) is 0 Å². The molecule has 7 heteroatoms. The third-order valence-electron chi connectivity index (χ3n) is 3.50. The lowest BCUT2D eigenvalue weighted by molar-refractivity contribution is -0.144. The van der Waals surface area contributed by atoms with Crippen LogP contribution in [-0.2, 0) is 20.9 Å². The average molecular weight is 323 g/mol. The van der Waals surface area contributed by atoms with Gasteiger partial charge in [0.25, 0.3) is 5.91 Å². The van der Waals surface area contributed by atoms with E-state index in [1.165, 1.54) is 12.0 Å². The number of carbonyl (C=O) groups is 2. The van der Waals surface area contributed by atoms with Crippen molar-refractivity contribution < 1.29 is 28.9 Å². The van der Waals surface area contributed by atoms with Crippen molar-refractivity contribution in [1.29, 1.82) is 0 Å². The monoisotopic (exact) mass is 323 g/mol. The number of benzene rings is 1. The minimum absolute atomic E-state index is 0.228. The van der Waals surface area contributed by atoms with Gasteiger partial charge in [0.2, 0.25) is 0 Å². The average Bonchev–Trinajstić information content (AvgIpc) is 2.51. The zero-order valence-electron chi connectivity index (χ0n) is 13.7. The molecule has 0 radical (unpaired) electrons. The molecule has 1 aromatic carbocycles. The van der Waals surface area contributed by atoms with E-state index in [1.807, 2.05) is 0 Å². The summed E-state index contributed by atoms with van der Waals surface area (Å²) in [6.45, 7) is 4.71. The van der Waals surface area contributed by atoms with E-state index >= 15 is 0 Å². The first-order valence-corrected chi connectivity index (χ1v) is 7.32. The van der Waals surface area contributed by atoms with Crippen molar-refractivity contribution in [1.82, 2.24) is 0 Å². The Kier molecular flexibility index (Phi) is 4.79. The van der Waals surface area contributed by atoms with Crippen LogP contribution >= 0.6 is 0 Å². The summed E-state index contributed by atoms with van der Waals surface area (Å²) in [5.74, 6) is -0.132. The van der Waals surface area contributed by atoms with E-state index in [9.17, 15) is 14.7 Å². The van der Waals surface area contributed by atoms with Gasteiger partial charge in [0.1, 0.15) is 6.54 Å². The third-order valence-corrected chi connectivity index (χ3v) is 3.50. The maximum absolute atomic E-state index is 12.6. The SMILES string of the molecule is CCOC(=O)CN1C(=O)C(C)(C)Oc2c(OC)cc(CO)cc21. The Morgan fingerprint density at radius 1 is 1.39 bits per heavy atom. The van der Waals surface area contributed by atoms with Crippen LogP contribution in [0.2, 0.25) is 0 Å². The molecule has 0 aromatic heterocycles. The highest BCUT2D eigenvalue weighted by molar-refractivity contribution is 6.05. The van der Waals surface area contributed by atoms with Crippen molar-refractivity contribution in [3.63, 3.8) is 0 Å². The normalized spacial score (nSPS) is 15.7. The first-order chi connectivity index (χ1) is 10.8. The molecule has 126 valence electrons. The number of methoxy groups -OCH3 is 1. The lowest BCUT2D eigenvalue weighted by Crippen LogP contribution is -2.54. The fraction of sp³-hybridized carbons (Fsp3) is 0.500. The molecule has 0 aliphatic carbocycles. The lowest BCUT2D eigenvalue weighted by atomic mass is 10.0. The van der Waals surface area contributed by atoms with Gasteiger partial charge >= 0.3 is 5.97 Å². The van der Waals surface area contributed by atoms with E-state index in [1.54, 1.807) is 32.9 Å². The van der Waals surface area contributed by atoms with Gasteiger partial charge in [0.05, 0.1) is 26.0 Å². The minimum atomic E-state index is -1.15. The fourth-order valence-corrected chi connectivity index (χ4v) is 2.41. The molecule has 1 amide bonds. The maximum Gasteiger partial charge on any atom is 0.326 e. The zero-order chi connectivity index (χ0) is 17.2. The van der Waals surface area contributed by atoms with Gasteiger partial charge in [0.15, 0.2) is 17.1 Å². The summed E-state index contributed by atoms with van der Waals surface area (Å²) in [7, 11) is 1.47. The summed E-state index contributed by atoms with van der Waals surface area (Å²) in [6, 6.07) is 3.23. The molecule has 0 unspecified atom stereocenters. The number of ether oxygens (including phenoxy) is 3. The highest BCUT2D eigenvalue weighted by Crippen LogP contribution is 2.45. The van der Waals surface area contributed by atoms with Gasteiger partial charge in [-0.2, -0.15) is 0 Å². The highest BCUT2D eigenvalue weighted by Gasteiger charge is 2.43. The number of fused-ring (bicyclic) bond motifs is 1. The maximum atomic E-state index is 12.6. The van der Waals surface area contributed by atoms with Gasteiger partial charge in [-0.05, 0) is 38.5 Å². The molecule has 1 aliphatic rings. The molecule has 1 aliphatic heterocycles. The lowest BCUT2D eigenvalue weighted by Gasteiger charge is -2.39. The second kappa shape index (κ2) is 6.45. The number of esters is 1. The second-order valence-corrected chi connectivity index (χ2v) is 5.61. The molecule has 0 saturated carbocycles. The second-order valence-electron chi connectivity index (χ2n) is 5.61. The van der Waals surface area contributed by atoms with Crippen molar-refractivity contribution in [2.45, 2.75) is 33.0 Å². The summed E-state index contributed by atoms with van der Waals surface area (Å²) < 4.78 is 16.0. The largest absolute Gasteiger partial charge is 0.493 e. The van der Waals surface area contributed by atoms with Crippen LogP contribution in [0.4, 0.5) is 5.69 Å². The van der Waals surface area contributed by atoms with Gasteiger partial charge < -0.3 is 19.3 Å².